The summed E-state index contributed by atoms with van der Waals surface area (Å²) in [7, 11) is 0. The van der Waals surface area contributed by atoms with Crippen LogP contribution in [0.3, 0.4) is 0 Å². The van der Waals surface area contributed by atoms with Crippen molar-refractivity contribution < 1.29 is 9.53 Å². The molecule has 0 radical (unpaired) electrons. The highest BCUT2D eigenvalue weighted by molar-refractivity contribution is 7.98. The van der Waals surface area contributed by atoms with Gasteiger partial charge in [-0.15, -0.1) is 11.8 Å². The maximum absolute atomic E-state index is 12.6. The minimum absolute atomic E-state index is 0.126. The lowest BCUT2D eigenvalue weighted by Gasteiger charge is -2.17. The van der Waals surface area contributed by atoms with Crippen molar-refractivity contribution in [3.63, 3.8) is 0 Å². The standard InChI is InChI=1S/C25H27NO2S/c1-3-19-12-16-22(17-13-19)28-24(4-2)25(27)26-21-14-10-20(11-15-21)18-29-23-8-6-5-7-9-23/h5-17,24H,3-4,18H2,1-2H3,(H,26,27)/t24-/m0/s1. The lowest BCUT2D eigenvalue weighted by Crippen LogP contribution is -2.32. The summed E-state index contributed by atoms with van der Waals surface area (Å²) < 4.78 is 5.89. The highest BCUT2D eigenvalue weighted by atomic mass is 32.2. The maximum atomic E-state index is 12.6. The first kappa shape index (κ1) is 21.0. The molecule has 29 heavy (non-hydrogen) atoms. The number of thioether (sulfide) groups is 1. The zero-order valence-electron chi connectivity index (χ0n) is 16.9. The molecule has 1 amide bonds. The van der Waals surface area contributed by atoms with E-state index in [9.17, 15) is 4.79 Å². The monoisotopic (exact) mass is 405 g/mol. The Kier molecular flexibility index (Phi) is 7.77. The van der Waals surface area contributed by atoms with E-state index < -0.39 is 6.10 Å². The molecule has 3 rings (SSSR count). The minimum Gasteiger partial charge on any atom is -0.481 e. The van der Waals surface area contributed by atoms with Gasteiger partial charge in [-0.2, -0.15) is 0 Å². The molecule has 4 heteroatoms. The van der Waals surface area contributed by atoms with Gasteiger partial charge in [0.2, 0.25) is 0 Å². The Morgan fingerprint density at radius 1 is 0.897 bits per heavy atom. The Morgan fingerprint density at radius 2 is 1.55 bits per heavy atom. The molecule has 0 saturated carbocycles. The van der Waals surface area contributed by atoms with Crippen LogP contribution in [0.4, 0.5) is 5.69 Å². The number of carbonyl (C=O) groups is 1. The summed E-state index contributed by atoms with van der Waals surface area (Å²) in [4.78, 5) is 13.9. The van der Waals surface area contributed by atoms with Crippen molar-refractivity contribution in [1.29, 1.82) is 0 Å². The largest absolute Gasteiger partial charge is 0.481 e. The zero-order valence-corrected chi connectivity index (χ0v) is 17.7. The molecule has 0 spiro atoms. The molecular weight excluding hydrogens is 378 g/mol. The van der Waals surface area contributed by atoms with Gasteiger partial charge in [-0.25, -0.2) is 0 Å². The molecule has 3 aromatic carbocycles. The quantitative estimate of drug-likeness (QED) is 0.422. The first-order valence-corrected chi connectivity index (χ1v) is 11.0. The molecule has 0 aliphatic heterocycles. The Bertz CT molecular complexity index is 892. The summed E-state index contributed by atoms with van der Waals surface area (Å²) in [5.41, 5.74) is 3.25. The van der Waals surface area contributed by atoms with Crippen LogP contribution in [-0.2, 0) is 17.0 Å². The van der Waals surface area contributed by atoms with Gasteiger partial charge in [0, 0.05) is 16.3 Å². The Morgan fingerprint density at radius 3 is 2.17 bits per heavy atom. The predicted octanol–water partition coefficient (Wildman–Crippen LogP) is 6.34. The molecule has 3 aromatic rings. The van der Waals surface area contributed by atoms with E-state index in [4.69, 9.17) is 4.74 Å². The van der Waals surface area contributed by atoms with E-state index in [-0.39, 0.29) is 5.91 Å². The molecule has 150 valence electrons. The van der Waals surface area contributed by atoms with Crippen LogP contribution in [0.15, 0.2) is 83.8 Å². The molecule has 0 bridgehead atoms. The Labute approximate surface area is 177 Å². The molecule has 1 atom stereocenters. The normalized spacial score (nSPS) is 11.7. The van der Waals surface area contributed by atoms with Crippen molar-refractivity contribution in [2.24, 2.45) is 0 Å². The van der Waals surface area contributed by atoms with Crippen molar-refractivity contribution in [3.05, 3.63) is 90.0 Å². The third kappa shape index (κ3) is 6.40. The molecule has 0 aliphatic carbocycles. The molecule has 0 unspecified atom stereocenters. The van der Waals surface area contributed by atoms with E-state index in [0.717, 1.165) is 23.6 Å². The molecule has 0 saturated heterocycles. The van der Waals surface area contributed by atoms with Crippen LogP contribution < -0.4 is 10.1 Å². The van der Waals surface area contributed by atoms with Gasteiger partial charge >= 0.3 is 0 Å². The van der Waals surface area contributed by atoms with Crippen LogP contribution in [0.1, 0.15) is 31.4 Å². The van der Waals surface area contributed by atoms with Crippen molar-refractivity contribution in [2.45, 2.75) is 43.4 Å². The maximum Gasteiger partial charge on any atom is 0.265 e. The molecule has 0 aromatic heterocycles. The average molecular weight is 406 g/mol. The third-order valence-electron chi connectivity index (χ3n) is 4.64. The molecular formula is C25H27NO2S. The number of hydrogen-bond donors (Lipinski definition) is 1. The SMILES string of the molecule is CCc1ccc(O[C@@H](CC)C(=O)Nc2ccc(CSc3ccccc3)cc2)cc1. The summed E-state index contributed by atoms with van der Waals surface area (Å²) in [6.45, 7) is 4.07. The van der Waals surface area contributed by atoms with E-state index in [1.807, 2.05) is 61.5 Å². The van der Waals surface area contributed by atoms with Gasteiger partial charge in [0.05, 0.1) is 0 Å². The molecule has 0 heterocycles. The number of carbonyl (C=O) groups excluding carboxylic acids is 1. The van der Waals surface area contributed by atoms with Crippen LogP contribution >= 0.6 is 11.8 Å². The summed E-state index contributed by atoms with van der Waals surface area (Å²) in [5.74, 6) is 1.49. The highest BCUT2D eigenvalue weighted by Gasteiger charge is 2.18. The summed E-state index contributed by atoms with van der Waals surface area (Å²) >= 11 is 1.80. The number of anilines is 1. The first-order valence-electron chi connectivity index (χ1n) is 10.0. The van der Waals surface area contributed by atoms with Gasteiger partial charge in [-0.1, -0.05) is 56.3 Å². The second-order valence-corrected chi connectivity index (χ2v) is 7.85. The van der Waals surface area contributed by atoms with E-state index >= 15 is 0 Å². The van der Waals surface area contributed by atoms with Gasteiger partial charge in [0.15, 0.2) is 6.10 Å². The average Bonchev–Trinajstić information content (AvgIpc) is 2.78. The molecule has 0 fully saturated rings. The molecule has 3 nitrogen and oxygen atoms in total. The van der Waals surface area contributed by atoms with Gasteiger partial charge in [-0.3, -0.25) is 4.79 Å². The number of nitrogens with one attached hydrogen (secondary N) is 1. The summed E-state index contributed by atoms with van der Waals surface area (Å²) in [5, 5.41) is 2.97. The molecule has 0 aliphatic rings. The van der Waals surface area contributed by atoms with Crippen LogP contribution in [-0.4, -0.2) is 12.0 Å². The Hall–Kier alpha value is -2.72. The smallest absolute Gasteiger partial charge is 0.265 e. The predicted molar refractivity (Wildman–Crippen MR) is 122 cm³/mol. The fourth-order valence-corrected chi connectivity index (χ4v) is 3.76. The number of ether oxygens (including phenoxy) is 1. The fourth-order valence-electron chi connectivity index (χ4n) is 2.88. The summed E-state index contributed by atoms with van der Waals surface area (Å²) in [6.07, 6.45) is 1.07. The van der Waals surface area contributed by atoms with E-state index in [0.29, 0.717) is 6.42 Å². The molecule has 1 N–H and O–H groups in total. The topological polar surface area (TPSA) is 38.3 Å². The second kappa shape index (κ2) is 10.7. The van der Waals surface area contributed by atoms with Crippen molar-refractivity contribution in [3.8, 4) is 5.75 Å². The van der Waals surface area contributed by atoms with Crippen LogP contribution in [0.25, 0.3) is 0 Å². The van der Waals surface area contributed by atoms with Gasteiger partial charge < -0.3 is 10.1 Å². The van der Waals surface area contributed by atoms with Crippen LogP contribution in [0, 0.1) is 0 Å². The van der Waals surface area contributed by atoms with Crippen LogP contribution in [0.5, 0.6) is 5.75 Å². The number of rotatable bonds is 9. The number of amides is 1. The lowest BCUT2D eigenvalue weighted by molar-refractivity contribution is -0.122. The number of benzene rings is 3. The van der Waals surface area contributed by atoms with Crippen molar-refractivity contribution in [1.82, 2.24) is 0 Å². The number of aryl methyl sites for hydroxylation is 1. The van der Waals surface area contributed by atoms with Gasteiger partial charge in [0.1, 0.15) is 5.75 Å². The lowest BCUT2D eigenvalue weighted by atomic mass is 10.1. The Balaban J connectivity index is 1.54. The van der Waals surface area contributed by atoms with E-state index in [1.165, 1.54) is 16.0 Å². The van der Waals surface area contributed by atoms with E-state index in [2.05, 4.69) is 36.5 Å². The van der Waals surface area contributed by atoms with Gasteiger partial charge in [-0.05, 0) is 60.4 Å². The summed E-state index contributed by atoms with van der Waals surface area (Å²) in [6, 6.07) is 26.3. The first-order chi connectivity index (χ1) is 14.2. The number of hydrogen-bond acceptors (Lipinski definition) is 3. The fraction of sp³-hybridized carbons (Fsp3) is 0.240. The second-order valence-electron chi connectivity index (χ2n) is 6.80. The van der Waals surface area contributed by atoms with Crippen molar-refractivity contribution in [2.75, 3.05) is 5.32 Å². The third-order valence-corrected chi connectivity index (χ3v) is 5.73. The highest BCUT2D eigenvalue weighted by Crippen LogP contribution is 2.23. The van der Waals surface area contributed by atoms with Crippen molar-refractivity contribution >= 4 is 23.4 Å². The van der Waals surface area contributed by atoms with E-state index in [1.54, 1.807) is 11.8 Å². The zero-order chi connectivity index (χ0) is 20.5. The van der Waals surface area contributed by atoms with Gasteiger partial charge in [0.25, 0.3) is 5.91 Å². The minimum atomic E-state index is -0.518. The van der Waals surface area contributed by atoms with Crippen LogP contribution in [0.2, 0.25) is 0 Å².